The van der Waals surface area contributed by atoms with Crippen LogP contribution in [0.4, 0.5) is 4.39 Å². The van der Waals surface area contributed by atoms with Gasteiger partial charge in [0.2, 0.25) is 0 Å². The zero-order chi connectivity index (χ0) is 18.7. The van der Waals surface area contributed by atoms with Crippen LogP contribution in [0, 0.1) is 5.82 Å². The molecule has 26 heavy (non-hydrogen) atoms. The summed E-state index contributed by atoms with van der Waals surface area (Å²) < 4.78 is 14.5. The summed E-state index contributed by atoms with van der Waals surface area (Å²) in [6.45, 7) is 3.78. The number of halogens is 1. The molecular weight excluding hydrogens is 335 g/mol. The van der Waals surface area contributed by atoms with E-state index >= 15 is 0 Å². The van der Waals surface area contributed by atoms with Crippen molar-refractivity contribution in [3.05, 3.63) is 76.0 Å². The Labute approximate surface area is 149 Å². The molecule has 0 radical (unpaired) electrons. The van der Waals surface area contributed by atoms with Crippen LogP contribution in [0.2, 0.25) is 0 Å². The number of nitrogens with zero attached hydrogens (tertiary/aromatic N) is 3. The minimum atomic E-state index is -0.542. The van der Waals surface area contributed by atoms with E-state index in [-0.39, 0.29) is 17.1 Å². The summed E-state index contributed by atoms with van der Waals surface area (Å²) in [6.07, 6.45) is 0. The first kappa shape index (κ1) is 17.5. The highest BCUT2D eigenvalue weighted by Crippen LogP contribution is 2.13. The van der Waals surface area contributed by atoms with E-state index in [4.69, 9.17) is 0 Å². The molecule has 1 amide bonds. The lowest BCUT2D eigenvalue weighted by Gasteiger charge is -2.09. The number of fused-ring (bicyclic) bond motifs is 1. The van der Waals surface area contributed by atoms with Gasteiger partial charge in [0, 0.05) is 17.5 Å². The van der Waals surface area contributed by atoms with Gasteiger partial charge in [-0.05, 0) is 32.0 Å². The summed E-state index contributed by atoms with van der Waals surface area (Å²) in [5.74, 6) is -0.926. The minimum absolute atomic E-state index is 0.109. The molecule has 2 aromatic carbocycles. The Morgan fingerprint density at radius 2 is 1.92 bits per heavy atom. The summed E-state index contributed by atoms with van der Waals surface area (Å²) in [5.41, 5.74) is 3.29. The molecule has 132 valence electrons. The Hall–Kier alpha value is -3.35. The van der Waals surface area contributed by atoms with Crippen molar-refractivity contribution in [1.82, 2.24) is 15.2 Å². The van der Waals surface area contributed by atoms with Gasteiger partial charge in [0.05, 0.1) is 11.1 Å². The highest BCUT2D eigenvalue weighted by atomic mass is 19.1. The predicted molar refractivity (Wildman–Crippen MR) is 97.8 cm³/mol. The number of amides is 1. The monoisotopic (exact) mass is 352 g/mol. The maximum absolute atomic E-state index is 13.3. The number of aryl methyl sites for hydroxylation is 1. The lowest BCUT2D eigenvalue weighted by atomic mass is 10.1. The zero-order valence-electron chi connectivity index (χ0n) is 14.4. The first-order valence-corrected chi connectivity index (χ1v) is 8.11. The molecule has 3 aromatic rings. The van der Waals surface area contributed by atoms with E-state index in [0.717, 1.165) is 0 Å². The number of nitrogens with one attached hydrogen (secondary N) is 1. The molecule has 0 unspecified atom stereocenters. The number of carbonyl (C=O) groups is 1. The van der Waals surface area contributed by atoms with Gasteiger partial charge in [-0.1, -0.05) is 30.3 Å². The molecule has 0 atom stereocenters. The van der Waals surface area contributed by atoms with E-state index in [2.05, 4.69) is 15.6 Å². The number of hydrogen-bond acceptors (Lipinski definition) is 4. The highest BCUT2D eigenvalue weighted by Gasteiger charge is 2.16. The van der Waals surface area contributed by atoms with Gasteiger partial charge < -0.3 is 0 Å². The van der Waals surface area contributed by atoms with Crippen molar-refractivity contribution in [2.24, 2.45) is 5.10 Å². The molecule has 1 N–H and O–H groups in total. The van der Waals surface area contributed by atoms with Gasteiger partial charge in [-0.25, -0.2) is 14.5 Å². The molecule has 6 nitrogen and oxygen atoms in total. The maximum atomic E-state index is 13.3. The Morgan fingerprint density at radius 1 is 1.19 bits per heavy atom. The normalized spacial score (nSPS) is 11.6. The molecule has 3 rings (SSSR count). The summed E-state index contributed by atoms with van der Waals surface area (Å²) in [4.78, 5) is 24.9. The smallest absolute Gasteiger partial charge is 0.267 e. The second-order valence-corrected chi connectivity index (χ2v) is 5.66. The molecule has 0 saturated heterocycles. The van der Waals surface area contributed by atoms with E-state index < -0.39 is 5.91 Å². The first-order valence-electron chi connectivity index (χ1n) is 8.11. The van der Waals surface area contributed by atoms with Gasteiger partial charge in [0.15, 0.2) is 5.69 Å². The molecule has 1 heterocycles. The summed E-state index contributed by atoms with van der Waals surface area (Å²) in [5, 5.41) is 9.04. The van der Waals surface area contributed by atoms with Gasteiger partial charge in [-0.2, -0.15) is 10.2 Å². The van der Waals surface area contributed by atoms with Crippen molar-refractivity contribution in [3.8, 4) is 0 Å². The average Bonchev–Trinajstić information content (AvgIpc) is 2.66. The third-order valence-corrected chi connectivity index (χ3v) is 3.95. The fraction of sp³-hybridized carbons (Fsp3) is 0.158. The Morgan fingerprint density at radius 3 is 2.62 bits per heavy atom. The first-order chi connectivity index (χ1) is 12.5. The fourth-order valence-corrected chi connectivity index (χ4v) is 2.58. The van der Waals surface area contributed by atoms with E-state index in [1.807, 2.05) is 0 Å². The van der Waals surface area contributed by atoms with Crippen LogP contribution in [0.25, 0.3) is 10.8 Å². The zero-order valence-corrected chi connectivity index (χ0v) is 14.4. The minimum Gasteiger partial charge on any atom is -0.267 e. The van der Waals surface area contributed by atoms with Gasteiger partial charge in [-0.15, -0.1) is 0 Å². The lowest BCUT2D eigenvalue weighted by molar-refractivity contribution is 0.0949. The quantitative estimate of drug-likeness (QED) is 0.579. The van der Waals surface area contributed by atoms with Crippen LogP contribution in [0.15, 0.2) is 58.4 Å². The van der Waals surface area contributed by atoms with Crippen molar-refractivity contribution < 1.29 is 9.18 Å². The van der Waals surface area contributed by atoms with Crippen LogP contribution >= 0.6 is 0 Å². The number of rotatable bonds is 4. The van der Waals surface area contributed by atoms with Gasteiger partial charge in [0.1, 0.15) is 5.82 Å². The summed E-state index contributed by atoms with van der Waals surface area (Å²) in [6, 6.07) is 12.7. The molecule has 0 spiro atoms. The van der Waals surface area contributed by atoms with Crippen LogP contribution in [-0.4, -0.2) is 21.4 Å². The van der Waals surface area contributed by atoms with Gasteiger partial charge in [-0.3, -0.25) is 9.59 Å². The Kier molecular flexibility index (Phi) is 4.88. The molecule has 0 bridgehead atoms. The van der Waals surface area contributed by atoms with Crippen LogP contribution in [-0.2, 0) is 6.54 Å². The molecular formula is C19H17FN4O2. The van der Waals surface area contributed by atoms with Crippen molar-refractivity contribution in [3.63, 3.8) is 0 Å². The van der Waals surface area contributed by atoms with Crippen molar-refractivity contribution in [2.45, 2.75) is 20.4 Å². The molecule has 0 fully saturated rings. The molecule has 7 heteroatoms. The second kappa shape index (κ2) is 7.26. The summed E-state index contributed by atoms with van der Waals surface area (Å²) >= 11 is 0. The largest absolute Gasteiger partial charge is 0.292 e. The van der Waals surface area contributed by atoms with Crippen LogP contribution in [0.5, 0.6) is 0 Å². The van der Waals surface area contributed by atoms with Gasteiger partial charge in [0.25, 0.3) is 11.5 Å². The van der Waals surface area contributed by atoms with Crippen LogP contribution in [0.3, 0.4) is 0 Å². The van der Waals surface area contributed by atoms with E-state index in [0.29, 0.717) is 28.6 Å². The van der Waals surface area contributed by atoms with Crippen LogP contribution < -0.4 is 11.0 Å². The van der Waals surface area contributed by atoms with Crippen molar-refractivity contribution in [2.75, 3.05) is 0 Å². The maximum Gasteiger partial charge on any atom is 0.292 e. The van der Waals surface area contributed by atoms with Gasteiger partial charge >= 0.3 is 0 Å². The molecule has 0 saturated carbocycles. The molecule has 0 aliphatic heterocycles. The standard InChI is InChI=1S/C19H17FN4O2/c1-3-24-19(26)16-10-5-4-9-15(16)17(23-24)18(25)22-21-12(2)13-7-6-8-14(20)11-13/h4-11H,3H2,1-2H3,(H,22,25)/b21-12+. The Balaban J connectivity index is 1.97. The highest BCUT2D eigenvalue weighted by molar-refractivity contribution is 6.06. The number of carbonyl (C=O) groups excluding carboxylic acids is 1. The number of benzene rings is 2. The number of hydrazone groups is 1. The number of aromatic nitrogens is 2. The van der Waals surface area contributed by atoms with E-state index in [9.17, 15) is 14.0 Å². The van der Waals surface area contributed by atoms with Crippen molar-refractivity contribution in [1.29, 1.82) is 0 Å². The molecule has 0 aliphatic carbocycles. The average molecular weight is 352 g/mol. The number of hydrogen-bond donors (Lipinski definition) is 1. The summed E-state index contributed by atoms with van der Waals surface area (Å²) in [7, 11) is 0. The Bertz CT molecular complexity index is 1070. The second-order valence-electron chi connectivity index (χ2n) is 5.66. The SMILES string of the molecule is CCn1nc(C(=O)N/N=C(\C)c2cccc(F)c2)c2ccccc2c1=O. The topological polar surface area (TPSA) is 76.3 Å². The van der Waals surface area contributed by atoms with E-state index in [1.165, 1.54) is 16.8 Å². The predicted octanol–water partition coefficient (Wildman–Crippen LogP) is 2.71. The molecule has 0 aliphatic rings. The van der Waals surface area contributed by atoms with E-state index in [1.54, 1.807) is 50.2 Å². The lowest BCUT2D eigenvalue weighted by Crippen LogP contribution is -2.28. The third-order valence-electron chi connectivity index (χ3n) is 3.95. The fourth-order valence-electron chi connectivity index (χ4n) is 2.58. The molecule has 1 aromatic heterocycles. The van der Waals surface area contributed by atoms with Crippen molar-refractivity contribution >= 4 is 22.4 Å². The van der Waals surface area contributed by atoms with Crippen LogP contribution in [0.1, 0.15) is 29.9 Å². The third kappa shape index (κ3) is 3.37.